The lowest BCUT2D eigenvalue weighted by molar-refractivity contribution is 0.103. The zero-order chi connectivity index (χ0) is 15.1. The fourth-order valence-electron chi connectivity index (χ4n) is 1.94. The molecule has 4 nitrogen and oxygen atoms in total. The number of hydrogen-bond donors (Lipinski definition) is 0. The van der Waals surface area contributed by atoms with E-state index in [1.165, 1.54) is 18.2 Å². The molecule has 5 heteroatoms. The molecule has 0 heterocycles. The summed E-state index contributed by atoms with van der Waals surface area (Å²) >= 11 is 0. The normalized spacial score (nSPS) is 15.3. The van der Waals surface area contributed by atoms with Crippen LogP contribution < -0.4 is 0 Å². The summed E-state index contributed by atoms with van der Waals surface area (Å²) in [7, 11) is -3.93. The molecule has 20 heavy (non-hydrogen) atoms. The summed E-state index contributed by atoms with van der Waals surface area (Å²) in [6.45, 7) is 8.59. The Bertz CT molecular complexity index is 719. The summed E-state index contributed by atoms with van der Waals surface area (Å²) in [5.74, 6) is -0.268. The van der Waals surface area contributed by atoms with Gasteiger partial charge in [0.05, 0.1) is 5.60 Å². The molecular formula is C15H16O4S. The van der Waals surface area contributed by atoms with Crippen LogP contribution in [0.25, 0.3) is 6.08 Å². The highest BCUT2D eigenvalue weighted by atomic mass is 32.2. The van der Waals surface area contributed by atoms with Crippen molar-refractivity contribution in [2.45, 2.75) is 31.3 Å². The SMILES string of the molecule is C=C1C=Cc2c(cccc2S(=O)(=O)OC(C)(C)C)C1=O. The Hall–Kier alpha value is -1.72. The lowest BCUT2D eigenvalue weighted by Gasteiger charge is -2.21. The van der Waals surface area contributed by atoms with E-state index in [1.807, 2.05) is 0 Å². The summed E-state index contributed by atoms with van der Waals surface area (Å²) in [6, 6.07) is 4.55. The third-order valence-corrected chi connectivity index (χ3v) is 4.30. The van der Waals surface area contributed by atoms with E-state index in [-0.39, 0.29) is 10.7 Å². The fourth-order valence-corrected chi connectivity index (χ4v) is 3.38. The lowest BCUT2D eigenvalue weighted by Crippen LogP contribution is -2.25. The van der Waals surface area contributed by atoms with Crippen molar-refractivity contribution in [2.75, 3.05) is 0 Å². The third-order valence-electron chi connectivity index (χ3n) is 2.68. The molecule has 0 unspecified atom stereocenters. The number of benzene rings is 1. The number of hydrogen-bond acceptors (Lipinski definition) is 4. The van der Waals surface area contributed by atoms with Crippen LogP contribution >= 0.6 is 0 Å². The zero-order valence-electron chi connectivity index (χ0n) is 11.6. The highest BCUT2D eigenvalue weighted by molar-refractivity contribution is 7.86. The van der Waals surface area contributed by atoms with Gasteiger partial charge in [-0.2, -0.15) is 8.42 Å². The van der Waals surface area contributed by atoms with Crippen molar-refractivity contribution >= 4 is 22.0 Å². The van der Waals surface area contributed by atoms with Gasteiger partial charge in [-0.05, 0) is 26.8 Å². The van der Waals surface area contributed by atoms with Crippen LogP contribution in [0.2, 0.25) is 0 Å². The average Bonchev–Trinajstić information content (AvgIpc) is 2.30. The number of carbonyl (C=O) groups is 1. The van der Waals surface area contributed by atoms with Gasteiger partial charge in [0.25, 0.3) is 10.1 Å². The number of ketones is 1. The van der Waals surface area contributed by atoms with E-state index < -0.39 is 15.7 Å². The topological polar surface area (TPSA) is 60.4 Å². The van der Waals surface area contributed by atoms with Crippen LogP contribution in [-0.2, 0) is 14.3 Å². The van der Waals surface area contributed by atoms with Gasteiger partial charge in [-0.25, -0.2) is 0 Å². The van der Waals surface area contributed by atoms with Gasteiger partial charge in [0.2, 0.25) is 0 Å². The first-order valence-corrected chi connectivity index (χ1v) is 7.53. The quantitative estimate of drug-likeness (QED) is 0.621. The third kappa shape index (κ3) is 2.73. The van der Waals surface area contributed by atoms with E-state index in [0.717, 1.165) is 0 Å². The molecule has 1 aromatic rings. The summed E-state index contributed by atoms with van der Waals surface area (Å²) in [5, 5.41) is 0. The first-order chi connectivity index (χ1) is 9.12. The van der Waals surface area contributed by atoms with E-state index in [4.69, 9.17) is 4.18 Å². The van der Waals surface area contributed by atoms with Crippen molar-refractivity contribution < 1.29 is 17.4 Å². The molecule has 0 saturated heterocycles. The maximum absolute atomic E-state index is 12.3. The van der Waals surface area contributed by atoms with Gasteiger partial charge < -0.3 is 0 Å². The lowest BCUT2D eigenvalue weighted by atomic mass is 9.93. The molecule has 0 atom stereocenters. The van der Waals surface area contributed by atoms with E-state index in [0.29, 0.717) is 16.7 Å². The maximum atomic E-state index is 12.3. The van der Waals surface area contributed by atoms with Crippen LogP contribution in [0.1, 0.15) is 36.7 Å². The maximum Gasteiger partial charge on any atom is 0.298 e. The molecule has 0 spiro atoms. The smallest absolute Gasteiger partial charge is 0.289 e. The van der Waals surface area contributed by atoms with Crippen molar-refractivity contribution in [1.82, 2.24) is 0 Å². The zero-order valence-corrected chi connectivity index (χ0v) is 12.5. The Morgan fingerprint density at radius 1 is 1.15 bits per heavy atom. The molecule has 0 amide bonds. The van der Waals surface area contributed by atoms with Crippen LogP contribution in [0.4, 0.5) is 0 Å². The predicted molar refractivity (Wildman–Crippen MR) is 77.0 cm³/mol. The second-order valence-electron chi connectivity index (χ2n) is 5.55. The predicted octanol–water partition coefficient (Wildman–Crippen LogP) is 2.96. The van der Waals surface area contributed by atoms with E-state index in [9.17, 15) is 13.2 Å². The van der Waals surface area contributed by atoms with Crippen molar-refractivity contribution in [1.29, 1.82) is 0 Å². The molecule has 0 aliphatic heterocycles. The van der Waals surface area contributed by atoms with Gasteiger partial charge in [-0.1, -0.05) is 30.9 Å². The number of carbonyl (C=O) groups excluding carboxylic acids is 1. The molecular weight excluding hydrogens is 276 g/mol. The van der Waals surface area contributed by atoms with Crippen molar-refractivity contribution in [3.05, 3.63) is 47.6 Å². The molecule has 0 fully saturated rings. The number of rotatable bonds is 2. The number of Topliss-reactive ketones (excluding diaryl/α,β-unsaturated/α-hetero) is 1. The first kappa shape index (κ1) is 14.7. The van der Waals surface area contributed by atoms with E-state index in [1.54, 1.807) is 32.9 Å². The van der Waals surface area contributed by atoms with Crippen molar-refractivity contribution in [3.63, 3.8) is 0 Å². The first-order valence-electron chi connectivity index (χ1n) is 6.12. The highest BCUT2D eigenvalue weighted by Gasteiger charge is 2.29. The Morgan fingerprint density at radius 3 is 2.40 bits per heavy atom. The molecule has 106 valence electrons. The summed E-state index contributed by atoms with van der Waals surface area (Å²) in [5.41, 5.74) is 0.183. The van der Waals surface area contributed by atoms with Crippen LogP contribution in [0, 0.1) is 0 Å². The van der Waals surface area contributed by atoms with Gasteiger partial charge in [-0.15, -0.1) is 0 Å². The Kier molecular flexibility index (Phi) is 3.44. The van der Waals surface area contributed by atoms with E-state index in [2.05, 4.69) is 6.58 Å². The molecule has 0 saturated carbocycles. The molecule has 0 bridgehead atoms. The molecule has 1 aliphatic carbocycles. The summed E-state index contributed by atoms with van der Waals surface area (Å²) in [6.07, 6.45) is 3.10. The fraction of sp³-hybridized carbons (Fsp3) is 0.267. The highest BCUT2D eigenvalue weighted by Crippen LogP contribution is 2.30. The molecule has 2 rings (SSSR count). The molecule has 0 radical (unpaired) electrons. The second kappa shape index (κ2) is 4.68. The molecule has 0 N–H and O–H groups in total. The second-order valence-corrected chi connectivity index (χ2v) is 7.07. The standard InChI is InChI=1S/C15H16O4S/c1-10-8-9-11-12(14(10)16)6-5-7-13(11)20(17,18)19-15(2,3)4/h5-9H,1H2,2-4H3. The van der Waals surface area contributed by atoms with Crippen LogP contribution in [-0.4, -0.2) is 19.8 Å². The van der Waals surface area contributed by atoms with E-state index >= 15 is 0 Å². The Labute approximate surface area is 118 Å². The average molecular weight is 292 g/mol. The summed E-state index contributed by atoms with van der Waals surface area (Å²) in [4.78, 5) is 12.0. The minimum absolute atomic E-state index is 0.00187. The minimum Gasteiger partial charge on any atom is -0.289 e. The van der Waals surface area contributed by atoms with Gasteiger partial charge in [0, 0.05) is 16.7 Å². The van der Waals surface area contributed by atoms with Crippen molar-refractivity contribution in [2.24, 2.45) is 0 Å². The van der Waals surface area contributed by atoms with Crippen LogP contribution in [0.3, 0.4) is 0 Å². The van der Waals surface area contributed by atoms with Gasteiger partial charge >= 0.3 is 0 Å². The molecule has 1 aromatic carbocycles. The summed E-state index contributed by atoms with van der Waals surface area (Å²) < 4.78 is 29.8. The Balaban J connectivity index is 2.61. The molecule has 1 aliphatic rings. The van der Waals surface area contributed by atoms with Crippen LogP contribution in [0.5, 0.6) is 0 Å². The van der Waals surface area contributed by atoms with Gasteiger partial charge in [-0.3, -0.25) is 8.98 Å². The van der Waals surface area contributed by atoms with Gasteiger partial charge in [0.15, 0.2) is 5.78 Å². The van der Waals surface area contributed by atoms with Crippen molar-refractivity contribution in [3.8, 4) is 0 Å². The van der Waals surface area contributed by atoms with Crippen LogP contribution in [0.15, 0.2) is 41.3 Å². The Morgan fingerprint density at radius 2 is 1.80 bits per heavy atom. The number of fused-ring (bicyclic) bond motifs is 1. The largest absolute Gasteiger partial charge is 0.298 e. The number of allylic oxidation sites excluding steroid dienone is 2. The minimum atomic E-state index is -3.93. The molecule has 0 aromatic heterocycles. The van der Waals surface area contributed by atoms with Gasteiger partial charge in [0.1, 0.15) is 4.90 Å². The monoisotopic (exact) mass is 292 g/mol.